The van der Waals surface area contributed by atoms with E-state index in [1.807, 2.05) is 29.8 Å². The number of carbonyl (C=O) groups is 3. The molecule has 1 aromatic heterocycles. The second-order valence-corrected chi connectivity index (χ2v) is 9.92. The molecule has 1 N–H and O–H groups in total. The number of hydrogen-bond acceptors (Lipinski definition) is 4. The van der Waals surface area contributed by atoms with Crippen LogP contribution in [0.15, 0.2) is 48.7 Å². The first-order valence-corrected chi connectivity index (χ1v) is 12.3. The average Bonchev–Trinajstić information content (AvgIpc) is 3.36. The molecule has 0 spiro atoms. The number of amides is 3. The first kappa shape index (κ1) is 22.7. The Morgan fingerprint density at radius 2 is 1.92 bits per heavy atom. The highest BCUT2D eigenvalue weighted by molar-refractivity contribution is 6.05. The number of imide groups is 1. The van der Waals surface area contributed by atoms with Gasteiger partial charge in [-0.1, -0.05) is 18.2 Å². The Kier molecular flexibility index (Phi) is 5.48. The van der Waals surface area contributed by atoms with Crippen LogP contribution in [0, 0.1) is 5.82 Å². The van der Waals surface area contributed by atoms with Crippen LogP contribution in [0.2, 0.25) is 0 Å². The van der Waals surface area contributed by atoms with E-state index < -0.39 is 6.04 Å². The minimum Gasteiger partial charge on any atom is -0.350 e. The molecule has 3 amide bonds. The third-order valence-corrected chi connectivity index (χ3v) is 7.59. The van der Waals surface area contributed by atoms with Crippen LogP contribution in [0.25, 0.3) is 16.5 Å². The fourth-order valence-corrected chi connectivity index (χ4v) is 5.70. The Morgan fingerprint density at radius 1 is 1.06 bits per heavy atom. The summed E-state index contributed by atoms with van der Waals surface area (Å²) >= 11 is 0. The maximum atomic E-state index is 13.7. The molecule has 1 saturated heterocycles. The van der Waals surface area contributed by atoms with Crippen molar-refractivity contribution in [1.29, 1.82) is 0 Å². The molecule has 6 rings (SSSR count). The van der Waals surface area contributed by atoms with Crippen LogP contribution < -0.4 is 5.32 Å². The number of benzene rings is 2. The topological polar surface area (TPSA) is 74.7 Å². The molecule has 0 saturated carbocycles. The van der Waals surface area contributed by atoms with E-state index in [-0.39, 0.29) is 30.0 Å². The van der Waals surface area contributed by atoms with Crippen LogP contribution in [0.5, 0.6) is 0 Å². The molecular weight excluding hydrogens is 459 g/mol. The molecule has 3 aromatic rings. The van der Waals surface area contributed by atoms with Crippen molar-refractivity contribution in [2.45, 2.75) is 38.4 Å². The number of halogens is 1. The van der Waals surface area contributed by atoms with Crippen LogP contribution in [0.4, 0.5) is 4.39 Å². The molecule has 0 bridgehead atoms. The molecule has 2 aromatic carbocycles. The van der Waals surface area contributed by atoms with Gasteiger partial charge in [-0.2, -0.15) is 0 Å². The maximum absolute atomic E-state index is 13.7. The molecule has 36 heavy (non-hydrogen) atoms. The van der Waals surface area contributed by atoms with Gasteiger partial charge in [-0.15, -0.1) is 0 Å². The number of rotatable bonds is 4. The average molecular weight is 487 g/mol. The van der Waals surface area contributed by atoms with Crippen molar-refractivity contribution in [2.24, 2.45) is 7.05 Å². The lowest BCUT2D eigenvalue weighted by atomic mass is 9.98. The minimum absolute atomic E-state index is 0.147. The van der Waals surface area contributed by atoms with E-state index in [9.17, 15) is 18.8 Å². The van der Waals surface area contributed by atoms with Gasteiger partial charge in [0.15, 0.2) is 0 Å². The van der Waals surface area contributed by atoms with Crippen molar-refractivity contribution >= 4 is 34.2 Å². The lowest BCUT2D eigenvalue weighted by molar-refractivity contribution is -0.136. The zero-order valence-corrected chi connectivity index (χ0v) is 20.1. The fourth-order valence-electron chi connectivity index (χ4n) is 5.70. The normalized spacial score (nSPS) is 20.6. The van der Waals surface area contributed by atoms with E-state index >= 15 is 0 Å². The highest BCUT2D eigenvalue weighted by Crippen LogP contribution is 2.32. The van der Waals surface area contributed by atoms with Gasteiger partial charge < -0.3 is 9.47 Å². The second kappa shape index (κ2) is 8.71. The molecule has 0 radical (unpaired) electrons. The van der Waals surface area contributed by atoms with Crippen molar-refractivity contribution in [3.8, 4) is 0 Å². The van der Waals surface area contributed by atoms with Gasteiger partial charge >= 0.3 is 0 Å². The molecule has 0 aliphatic carbocycles. The molecule has 1 atom stereocenters. The molecule has 4 heterocycles. The lowest BCUT2D eigenvalue weighted by Gasteiger charge is -2.29. The molecule has 1 unspecified atom stereocenters. The Morgan fingerprint density at radius 3 is 2.69 bits per heavy atom. The number of nitrogens with one attached hydrogen (secondary N) is 1. The summed E-state index contributed by atoms with van der Waals surface area (Å²) in [6.45, 7) is 2.87. The predicted molar refractivity (Wildman–Crippen MR) is 133 cm³/mol. The smallest absolute Gasteiger partial charge is 0.255 e. The molecule has 3 aliphatic heterocycles. The Bertz CT molecular complexity index is 1460. The predicted octanol–water partition coefficient (Wildman–Crippen LogP) is 3.37. The molecule has 1 fully saturated rings. The second-order valence-electron chi connectivity index (χ2n) is 9.92. The van der Waals surface area contributed by atoms with Crippen LogP contribution in [-0.4, -0.2) is 51.2 Å². The van der Waals surface area contributed by atoms with Crippen molar-refractivity contribution < 1.29 is 18.8 Å². The summed E-state index contributed by atoms with van der Waals surface area (Å²) < 4.78 is 15.7. The fraction of sp³-hybridized carbons (Fsp3) is 0.321. The third-order valence-electron chi connectivity index (χ3n) is 7.59. The zero-order chi connectivity index (χ0) is 25.0. The van der Waals surface area contributed by atoms with Crippen molar-refractivity contribution in [2.75, 3.05) is 13.1 Å². The first-order chi connectivity index (χ1) is 17.4. The van der Waals surface area contributed by atoms with Crippen LogP contribution in [-0.2, 0) is 29.7 Å². The number of piperidine rings is 1. The summed E-state index contributed by atoms with van der Waals surface area (Å²) in [4.78, 5) is 40.6. The number of fused-ring (bicyclic) bond motifs is 2. The van der Waals surface area contributed by atoms with Crippen molar-refractivity contribution in [3.63, 3.8) is 0 Å². The Labute approximate surface area is 208 Å². The van der Waals surface area contributed by atoms with E-state index in [0.717, 1.165) is 53.6 Å². The van der Waals surface area contributed by atoms with Gasteiger partial charge in [0.2, 0.25) is 11.8 Å². The zero-order valence-electron chi connectivity index (χ0n) is 20.1. The first-order valence-electron chi connectivity index (χ1n) is 12.3. The summed E-state index contributed by atoms with van der Waals surface area (Å²) in [5.41, 5.74) is 6.03. The van der Waals surface area contributed by atoms with E-state index in [1.54, 1.807) is 11.0 Å². The van der Waals surface area contributed by atoms with E-state index in [1.165, 1.54) is 11.6 Å². The number of aryl methyl sites for hydroxylation is 1. The van der Waals surface area contributed by atoms with Gasteiger partial charge in [-0.25, -0.2) is 4.39 Å². The van der Waals surface area contributed by atoms with Crippen LogP contribution in [0.3, 0.4) is 0 Å². The van der Waals surface area contributed by atoms with Gasteiger partial charge in [-0.3, -0.25) is 24.6 Å². The summed E-state index contributed by atoms with van der Waals surface area (Å²) in [5, 5.41) is 3.42. The minimum atomic E-state index is -0.595. The van der Waals surface area contributed by atoms with Crippen molar-refractivity contribution in [1.82, 2.24) is 19.7 Å². The molecule has 184 valence electrons. The number of carbonyl (C=O) groups excluding carboxylic acids is 3. The summed E-state index contributed by atoms with van der Waals surface area (Å²) in [7, 11) is 1.95. The summed E-state index contributed by atoms with van der Waals surface area (Å²) in [6.07, 6.45) is 5.86. The number of hydrogen-bond donors (Lipinski definition) is 1. The molecule has 7 nitrogen and oxygen atoms in total. The van der Waals surface area contributed by atoms with E-state index in [0.29, 0.717) is 18.5 Å². The van der Waals surface area contributed by atoms with Gasteiger partial charge in [0.05, 0.1) is 5.52 Å². The number of nitrogens with zero attached hydrogens (tertiary/aromatic N) is 3. The largest absolute Gasteiger partial charge is 0.350 e. The quantitative estimate of drug-likeness (QED) is 0.574. The lowest BCUT2D eigenvalue weighted by Crippen LogP contribution is -2.52. The highest BCUT2D eigenvalue weighted by atomic mass is 19.1. The Balaban J connectivity index is 1.15. The van der Waals surface area contributed by atoms with Gasteiger partial charge in [0.25, 0.3) is 5.91 Å². The van der Waals surface area contributed by atoms with Gasteiger partial charge in [-0.05, 0) is 53.8 Å². The standard InChI is InChI=1S/C28H27FN4O3/c1-31-16-23(22-5-3-20(29)13-25(22)31)18-8-10-32(11-9-18)14-17-2-4-21-19(12-17)15-33(28(21)36)24-6-7-26(34)30-27(24)35/h2-5,8,12-13,16,24H,6-7,9-11,14-15H2,1H3,(H,30,34,35). The van der Waals surface area contributed by atoms with Crippen LogP contribution in [0.1, 0.15) is 46.3 Å². The third kappa shape index (κ3) is 3.91. The van der Waals surface area contributed by atoms with E-state index in [4.69, 9.17) is 0 Å². The van der Waals surface area contributed by atoms with Gasteiger partial charge in [0, 0.05) is 62.4 Å². The monoisotopic (exact) mass is 486 g/mol. The SMILES string of the molecule is Cn1cc(C2=CCN(Cc3ccc4c(c3)CN(C3CCC(=O)NC3=O)C4=O)CC2)c2ccc(F)cc21. The Hall–Kier alpha value is -3.78. The number of aromatic nitrogens is 1. The highest BCUT2D eigenvalue weighted by Gasteiger charge is 2.39. The maximum Gasteiger partial charge on any atom is 0.255 e. The molecule has 3 aliphatic rings. The molecule has 8 heteroatoms. The van der Waals surface area contributed by atoms with E-state index in [2.05, 4.69) is 28.6 Å². The molecular formula is C28H27FN4O3. The summed E-state index contributed by atoms with van der Waals surface area (Å²) in [6, 6.07) is 10.3. The van der Waals surface area contributed by atoms with Crippen LogP contribution >= 0.6 is 0 Å². The summed E-state index contributed by atoms with van der Waals surface area (Å²) in [5.74, 6) is -1.04. The van der Waals surface area contributed by atoms with Crippen molar-refractivity contribution in [3.05, 3.63) is 76.7 Å². The van der Waals surface area contributed by atoms with Gasteiger partial charge in [0.1, 0.15) is 11.9 Å².